The second kappa shape index (κ2) is 7.22. The SMILES string of the molecule is COc1ccc(F)cc1S(=O)(=O)N1CCN(C2CC2)CC1c1ccccc1. The van der Waals surface area contributed by atoms with Crippen LogP contribution in [-0.4, -0.2) is 50.4 Å². The van der Waals surface area contributed by atoms with E-state index in [1.807, 2.05) is 30.3 Å². The highest BCUT2D eigenvalue weighted by molar-refractivity contribution is 7.89. The Morgan fingerprint density at radius 2 is 1.81 bits per heavy atom. The van der Waals surface area contributed by atoms with E-state index in [9.17, 15) is 12.8 Å². The Bertz CT molecular complexity index is 916. The second-order valence-electron chi connectivity index (χ2n) is 7.06. The van der Waals surface area contributed by atoms with Gasteiger partial charge in [0.15, 0.2) is 0 Å². The Morgan fingerprint density at radius 3 is 2.48 bits per heavy atom. The Morgan fingerprint density at radius 1 is 1.07 bits per heavy atom. The molecule has 1 atom stereocenters. The summed E-state index contributed by atoms with van der Waals surface area (Å²) in [5, 5.41) is 0. The van der Waals surface area contributed by atoms with E-state index in [-0.39, 0.29) is 16.7 Å². The zero-order valence-corrected chi connectivity index (χ0v) is 16.0. The van der Waals surface area contributed by atoms with Gasteiger partial charge < -0.3 is 4.74 Å². The number of ether oxygens (including phenoxy) is 1. The molecule has 0 spiro atoms. The van der Waals surface area contributed by atoms with Crippen molar-refractivity contribution in [1.29, 1.82) is 0 Å². The van der Waals surface area contributed by atoms with Gasteiger partial charge in [-0.25, -0.2) is 12.8 Å². The van der Waals surface area contributed by atoms with Crippen molar-refractivity contribution in [3.63, 3.8) is 0 Å². The number of methoxy groups -OCH3 is 1. The van der Waals surface area contributed by atoms with Crippen molar-refractivity contribution >= 4 is 10.0 Å². The molecule has 1 saturated carbocycles. The number of rotatable bonds is 5. The van der Waals surface area contributed by atoms with Gasteiger partial charge >= 0.3 is 0 Å². The summed E-state index contributed by atoms with van der Waals surface area (Å²) < 4.78 is 47.4. The van der Waals surface area contributed by atoms with Crippen LogP contribution in [0.4, 0.5) is 4.39 Å². The van der Waals surface area contributed by atoms with Gasteiger partial charge in [0.1, 0.15) is 16.5 Å². The molecule has 1 saturated heterocycles. The van der Waals surface area contributed by atoms with Gasteiger partial charge in [-0.1, -0.05) is 30.3 Å². The van der Waals surface area contributed by atoms with E-state index in [1.54, 1.807) is 0 Å². The molecular weight excluding hydrogens is 367 g/mol. The molecule has 144 valence electrons. The minimum absolute atomic E-state index is 0.120. The van der Waals surface area contributed by atoms with E-state index in [2.05, 4.69) is 4.90 Å². The van der Waals surface area contributed by atoms with E-state index >= 15 is 0 Å². The highest BCUT2D eigenvalue weighted by Crippen LogP contribution is 2.38. The summed E-state index contributed by atoms with van der Waals surface area (Å²) >= 11 is 0. The van der Waals surface area contributed by atoms with Crippen molar-refractivity contribution in [2.75, 3.05) is 26.7 Å². The van der Waals surface area contributed by atoms with Crippen molar-refractivity contribution in [3.8, 4) is 5.75 Å². The van der Waals surface area contributed by atoms with Gasteiger partial charge in [0.25, 0.3) is 0 Å². The van der Waals surface area contributed by atoms with Crippen LogP contribution in [0.25, 0.3) is 0 Å². The third-order valence-electron chi connectivity index (χ3n) is 5.32. The molecule has 7 heteroatoms. The lowest BCUT2D eigenvalue weighted by atomic mass is 10.0. The minimum Gasteiger partial charge on any atom is -0.495 e. The standard InChI is InChI=1S/C20H23FN2O3S/c1-26-19-10-7-16(21)13-20(19)27(24,25)23-12-11-22(17-8-9-17)14-18(23)15-5-3-2-4-6-15/h2-7,10,13,17-18H,8-9,11-12,14H2,1H3. The molecule has 2 fully saturated rings. The van der Waals surface area contributed by atoms with Gasteiger partial charge in [-0.05, 0) is 36.6 Å². The maximum absolute atomic E-state index is 13.8. The molecule has 0 bridgehead atoms. The molecule has 2 aromatic carbocycles. The summed E-state index contributed by atoms with van der Waals surface area (Å²) in [6.45, 7) is 1.70. The Kier molecular flexibility index (Phi) is 4.92. The number of hydrogen-bond donors (Lipinski definition) is 0. The van der Waals surface area contributed by atoms with Crippen molar-refractivity contribution in [2.45, 2.75) is 29.8 Å². The van der Waals surface area contributed by atoms with Crippen LogP contribution in [-0.2, 0) is 10.0 Å². The van der Waals surface area contributed by atoms with Crippen LogP contribution in [0, 0.1) is 5.82 Å². The molecule has 0 aromatic heterocycles. The molecule has 2 aromatic rings. The first-order valence-electron chi connectivity index (χ1n) is 9.15. The first kappa shape index (κ1) is 18.4. The average Bonchev–Trinajstić information content (AvgIpc) is 3.53. The summed E-state index contributed by atoms with van der Waals surface area (Å²) in [6, 6.07) is 13.5. The summed E-state index contributed by atoms with van der Waals surface area (Å²) in [4.78, 5) is 2.25. The lowest BCUT2D eigenvalue weighted by Crippen LogP contribution is -2.51. The number of piperazine rings is 1. The first-order valence-corrected chi connectivity index (χ1v) is 10.6. The zero-order chi connectivity index (χ0) is 19.0. The van der Waals surface area contributed by atoms with Gasteiger partial charge in [0, 0.05) is 25.7 Å². The Hall–Kier alpha value is -1.96. The van der Waals surface area contributed by atoms with Crippen molar-refractivity contribution in [3.05, 3.63) is 59.9 Å². The van der Waals surface area contributed by atoms with E-state index in [4.69, 9.17) is 4.74 Å². The second-order valence-corrected chi connectivity index (χ2v) is 8.92. The number of nitrogens with zero attached hydrogens (tertiary/aromatic N) is 2. The topological polar surface area (TPSA) is 49.9 Å². The Balaban J connectivity index is 1.74. The third kappa shape index (κ3) is 3.59. The molecule has 0 N–H and O–H groups in total. The Labute approximate surface area is 159 Å². The molecule has 0 radical (unpaired) electrons. The van der Waals surface area contributed by atoms with Crippen molar-refractivity contribution in [1.82, 2.24) is 9.21 Å². The average molecular weight is 390 g/mol. The normalized spacial score (nSPS) is 21.9. The van der Waals surface area contributed by atoms with E-state index in [1.165, 1.54) is 36.4 Å². The number of benzene rings is 2. The fourth-order valence-electron chi connectivity index (χ4n) is 3.77. The lowest BCUT2D eigenvalue weighted by molar-refractivity contribution is 0.128. The van der Waals surface area contributed by atoms with E-state index in [0.29, 0.717) is 25.7 Å². The monoisotopic (exact) mass is 390 g/mol. The fourth-order valence-corrected chi connectivity index (χ4v) is 5.54. The van der Waals surface area contributed by atoms with Gasteiger partial charge in [-0.2, -0.15) is 4.31 Å². The molecule has 5 nitrogen and oxygen atoms in total. The van der Waals surface area contributed by atoms with Gasteiger partial charge in [-0.15, -0.1) is 0 Å². The molecular formula is C20H23FN2O3S. The fraction of sp³-hybridized carbons (Fsp3) is 0.400. The predicted octanol–water partition coefficient (Wildman–Crippen LogP) is 3.04. The van der Waals surface area contributed by atoms with Gasteiger partial charge in [0.2, 0.25) is 10.0 Å². The zero-order valence-electron chi connectivity index (χ0n) is 15.2. The summed E-state index contributed by atoms with van der Waals surface area (Å²) in [7, 11) is -2.52. The number of sulfonamides is 1. The maximum atomic E-state index is 13.8. The largest absolute Gasteiger partial charge is 0.495 e. The van der Waals surface area contributed by atoms with Crippen LogP contribution in [0.1, 0.15) is 24.4 Å². The van der Waals surface area contributed by atoms with Crippen LogP contribution in [0.5, 0.6) is 5.75 Å². The highest BCUT2D eigenvalue weighted by Gasteiger charge is 2.41. The third-order valence-corrected chi connectivity index (χ3v) is 7.25. The van der Waals surface area contributed by atoms with Crippen LogP contribution in [0.15, 0.2) is 53.4 Å². The van der Waals surface area contributed by atoms with Crippen molar-refractivity contribution < 1.29 is 17.5 Å². The summed E-state index contributed by atoms with van der Waals surface area (Å²) in [5.41, 5.74) is 0.946. The van der Waals surface area contributed by atoms with Gasteiger partial charge in [-0.3, -0.25) is 4.90 Å². The molecule has 0 amide bonds. The van der Waals surface area contributed by atoms with Crippen LogP contribution >= 0.6 is 0 Å². The summed E-state index contributed by atoms with van der Waals surface area (Å²) in [5.74, 6) is -0.435. The summed E-state index contributed by atoms with van der Waals surface area (Å²) in [6.07, 6.45) is 2.35. The molecule has 1 heterocycles. The number of hydrogen-bond acceptors (Lipinski definition) is 4. The molecule has 2 aliphatic rings. The lowest BCUT2D eigenvalue weighted by Gasteiger charge is -2.41. The molecule has 1 unspecified atom stereocenters. The predicted molar refractivity (Wildman–Crippen MR) is 101 cm³/mol. The van der Waals surface area contributed by atoms with Crippen LogP contribution < -0.4 is 4.74 Å². The number of halogens is 1. The quantitative estimate of drug-likeness (QED) is 0.787. The smallest absolute Gasteiger partial charge is 0.247 e. The van der Waals surface area contributed by atoms with E-state index in [0.717, 1.165) is 11.6 Å². The van der Waals surface area contributed by atoms with Gasteiger partial charge in [0.05, 0.1) is 13.2 Å². The van der Waals surface area contributed by atoms with Crippen LogP contribution in [0.2, 0.25) is 0 Å². The molecule has 1 aliphatic carbocycles. The van der Waals surface area contributed by atoms with E-state index < -0.39 is 15.8 Å². The van der Waals surface area contributed by atoms with Crippen molar-refractivity contribution in [2.24, 2.45) is 0 Å². The molecule has 4 rings (SSSR count). The maximum Gasteiger partial charge on any atom is 0.247 e. The first-order chi connectivity index (χ1) is 13.0. The molecule has 1 aliphatic heterocycles. The highest BCUT2D eigenvalue weighted by atomic mass is 32.2. The van der Waals surface area contributed by atoms with Crippen LogP contribution in [0.3, 0.4) is 0 Å². The molecule has 27 heavy (non-hydrogen) atoms. The minimum atomic E-state index is -3.91.